The first kappa shape index (κ1) is 15.3. The molecular formula is C15H8Br2F2N2O. The van der Waals surface area contributed by atoms with E-state index in [2.05, 4.69) is 42.2 Å². The quantitative estimate of drug-likeness (QED) is 0.722. The maximum atomic E-state index is 14.1. The molecule has 2 aromatic carbocycles. The maximum Gasteiger partial charge on any atom is 0.246 e. The summed E-state index contributed by atoms with van der Waals surface area (Å²) in [6.07, 6.45) is 0. The molecule has 0 saturated heterocycles. The predicted octanol–water partition coefficient (Wildman–Crippen LogP) is 4.28. The molecule has 1 heterocycles. The summed E-state index contributed by atoms with van der Waals surface area (Å²) in [7, 11) is 0. The third-order valence-corrected chi connectivity index (χ3v) is 5.20. The number of amides is 1. The lowest BCUT2D eigenvalue weighted by molar-refractivity contribution is -0.114. The van der Waals surface area contributed by atoms with Gasteiger partial charge in [-0.25, -0.2) is 8.78 Å². The molecule has 3 nitrogen and oxygen atoms in total. The van der Waals surface area contributed by atoms with Crippen LogP contribution in [0.1, 0.15) is 11.1 Å². The van der Waals surface area contributed by atoms with Gasteiger partial charge >= 0.3 is 0 Å². The Labute approximate surface area is 141 Å². The van der Waals surface area contributed by atoms with E-state index in [-0.39, 0.29) is 23.7 Å². The van der Waals surface area contributed by atoms with Gasteiger partial charge in [0.15, 0.2) is 0 Å². The second kappa shape index (κ2) is 5.89. The zero-order chi connectivity index (χ0) is 15.9. The Bertz CT molecular complexity index is 801. The summed E-state index contributed by atoms with van der Waals surface area (Å²) in [4.78, 5) is 15.9. The van der Waals surface area contributed by atoms with Crippen LogP contribution < -0.4 is 5.32 Å². The molecule has 0 unspecified atom stereocenters. The average Bonchev–Trinajstić information content (AvgIpc) is 2.63. The molecule has 1 N–H and O–H groups in total. The largest absolute Gasteiger partial charge is 0.324 e. The van der Waals surface area contributed by atoms with Crippen LogP contribution in [0, 0.1) is 11.6 Å². The number of halogens is 4. The summed E-state index contributed by atoms with van der Waals surface area (Å²) in [5.41, 5.74) is 0.722. The lowest BCUT2D eigenvalue weighted by Gasteiger charge is -2.14. The first-order valence-corrected chi connectivity index (χ1v) is 7.84. The van der Waals surface area contributed by atoms with E-state index in [4.69, 9.17) is 0 Å². The highest BCUT2D eigenvalue weighted by Gasteiger charge is 2.25. The highest BCUT2D eigenvalue weighted by atomic mass is 79.9. The molecule has 0 atom stereocenters. The number of carbonyl (C=O) groups excluding carboxylic acids is 1. The topological polar surface area (TPSA) is 41.5 Å². The van der Waals surface area contributed by atoms with E-state index in [1.807, 2.05) is 0 Å². The van der Waals surface area contributed by atoms with Gasteiger partial charge in [0.2, 0.25) is 5.91 Å². The monoisotopic (exact) mass is 428 g/mol. The summed E-state index contributed by atoms with van der Waals surface area (Å²) < 4.78 is 29.5. The molecule has 22 heavy (non-hydrogen) atoms. The van der Waals surface area contributed by atoms with E-state index >= 15 is 0 Å². The van der Waals surface area contributed by atoms with E-state index in [1.165, 1.54) is 6.07 Å². The zero-order valence-electron chi connectivity index (χ0n) is 11.0. The minimum Gasteiger partial charge on any atom is -0.324 e. The minimum atomic E-state index is -0.731. The third kappa shape index (κ3) is 2.59. The number of carbonyl (C=O) groups is 1. The second-order valence-corrected chi connectivity index (χ2v) is 6.24. The maximum absolute atomic E-state index is 14.1. The van der Waals surface area contributed by atoms with Crippen molar-refractivity contribution in [3.05, 3.63) is 62.0 Å². The third-order valence-electron chi connectivity index (χ3n) is 3.19. The van der Waals surface area contributed by atoms with Crippen molar-refractivity contribution in [2.75, 3.05) is 11.9 Å². The van der Waals surface area contributed by atoms with Crippen molar-refractivity contribution in [3.63, 3.8) is 0 Å². The van der Waals surface area contributed by atoms with Gasteiger partial charge in [0.05, 0.1) is 17.0 Å². The molecule has 0 bridgehead atoms. The normalized spacial score (nSPS) is 14.0. The fourth-order valence-electron chi connectivity index (χ4n) is 2.23. The number of nitrogens with one attached hydrogen (secondary N) is 1. The highest BCUT2D eigenvalue weighted by Crippen LogP contribution is 2.36. The Hall–Kier alpha value is -1.60. The van der Waals surface area contributed by atoms with E-state index in [0.717, 1.165) is 12.1 Å². The van der Waals surface area contributed by atoms with Crippen molar-refractivity contribution in [2.45, 2.75) is 0 Å². The van der Waals surface area contributed by atoms with Crippen molar-refractivity contribution < 1.29 is 13.6 Å². The molecule has 112 valence electrons. The molecule has 0 spiro atoms. The van der Waals surface area contributed by atoms with E-state index < -0.39 is 11.6 Å². The fraction of sp³-hybridized carbons (Fsp3) is 0.0667. The average molecular weight is 430 g/mol. The number of fused-ring (bicyclic) bond motifs is 1. The SMILES string of the molecule is O=C1CN=C(c2c(F)cccc2F)c2c(ccc(Br)c2Br)N1. The molecule has 1 aliphatic heterocycles. The summed E-state index contributed by atoms with van der Waals surface area (Å²) >= 11 is 6.73. The molecule has 0 aliphatic carbocycles. The van der Waals surface area contributed by atoms with Crippen molar-refractivity contribution in [2.24, 2.45) is 4.99 Å². The summed E-state index contributed by atoms with van der Waals surface area (Å²) in [5, 5.41) is 2.68. The minimum absolute atomic E-state index is 0.0946. The number of benzene rings is 2. The number of anilines is 1. The van der Waals surface area contributed by atoms with Crippen molar-refractivity contribution in [1.29, 1.82) is 0 Å². The smallest absolute Gasteiger partial charge is 0.246 e. The molecule has 2 aromatic rings. The Morgan fingerprint density at radius 1 is 1.05 bits per heavy atom. The van der Waals surface area contributed by atoms with E-state index in [1.54, 1.807) is 12.1 Å². The van der Waals surface area contributed by atoms with Crippen LogP contribution in [0.5, 0.6) is 0 Å². The molecular weight excluding hydrogens is 422 g/mol. The summed E-state index contributed by atoms with van der Waals surface area (Å²) in [5.74, 6) is -1.81. The number of rotatable bonds is 1. The molecule has 0 saturated carbocycles. The summed E-state index contributed by atoms with van der Waals surface area (Å²) in [6, 6.07) is 6.98. The van der Waals surface area contributed by atoms with Gasteiger partial charge < -0.3 is 5.32 Å². The Kier molecular flexibility index (Phi) is 4.10. The molecule has 0 radical (unpaired) electrons. The highest BCUT2D eigenvalue weighted by molar-refractivity contribution is 9.13. The predicted molar refractivity (Wildman–Crippen MR) is 87.3 cm³/mol. The number of hydrogen-bond donors (Lipinski definition) is 1. The Morgan fingerprint density at radius 2 is 1.73 bits per heavy atom. The fourth-order valence-corrected chi connectivity index (χ4v) is 3.10. The Morgan fingerprint density at radius 3 is 2.41 bits per heavy atom. The van der Waals surface area contributed by atoms with Crippen LogP contribution in [0.25, 0.3) is 0 Å². The zero-order valence-corrected chi connectivity index (χ0v) is 14.1. The van der Waals surface area contributed by atoms with Gasteiger partial charge in [0.25, 0.3) is 0 Å². The van der Waals surface area contributed by atoms with Gasteiger partial charge in [-0.1, -0.05) is 6.07 Å². The molecule has 0 fully saturated rings. The number of hydrogen-bond acceptors (Lipinski definition) is 2. The molecule has 1 amide bonds. The van der Waals surface area contributed by atoms with Gasteiger partial charge in [-0.15, -0.1) is 0 Å². The second-order valence-electron chi connectivity index (χ2n) is 4.59. The van der Waals surface area contributed by atoms with Crippen LogP contribution in [0.2, 0.25) is 0 Å². The molecule has 7 heteroatoms. The number of aliphatic imine (C=N–C) groups is 1. The standard InChI is InChI=1S/C15H8Br2F2N2O/c16-7-4-5-10-13(14(7)17)15(20-6-11(22)21-10)12-8(18)2-1-3-9(12)19/h1-5H,6H2,(H,21,22). The summed E-state index contributed by atoms with van der Waals surface area (Å²) in [6.45, 7) is -0.207. The van der Waals surface area contributed by atoms with Crippen LogP contribution in [0.4, 0.5) is 14.5 Å². The first-order chi connectivity index (χ1) is 10.5. The number of nitrogens with zero attached hydrogens (tertiary/aromatic N) is 1. The van der Waals surface area contributed by atoms with Crippen LogP contribution >= 0.6 is 31.9 Å². The van der Waals surface area contributed by atoms with Crippen LogP contribution in [0.3, 0.4) is 0 Å². The van der Waals surface area contributed by atoms with Crippen molar-refractivity contribution in [3.8, 4) is 0 Å². The molecule has 0 aromatic heterocycles. The number of benzodiazepines with no additional fused rings is 1. The Balaban J connectivity index is 2.34. The van der Waals surface area contributed by atoms with Crippen LogP contribution in [-0.4, -0.2) is 18.2 Å². The van der Waals surface area contributed by atoms with Gasteiger partial charge in [-0.3, -0.25) is 9.79 Å². The lowest BCUT2D eigenvalue weighted by Crippen LogP contribution is -2.13. The van der Waals surface area contributed by atoms with Gasteiger partial charge in [0.1, 0.15) is 18.2 Å². The van der Waals surface area contributed by atoms with Gasteiger partial charge in [0, 0.05) is 14.5 Å². The molecule has 1 aliphatic rings. The van der Waals surface area contributed by atoms with E-state index in [0.29, 0.717) is 20.2 Å². The first-order valence-electron chi connectivity index (χ1n) is 6.26. The lowest BCUT2D eigenvalue weighted by atomic mass is 9.99. The van der Waals surface area contributed by atoms with E-state index in [9.17, 15) is 13.6 Å². The van der Waals surface area contributed by atoms with Gasteiger partial charge in [-0.2, -0.15) is 0 Å². The van der Waals surface area contributed by atoms with Crippen LogP contribution in [0.15, 0.2) is 44.3 Å². The van der Waals surface area contributed by atoms with Gasteiger partial charge in [-0.05, 0) is 56.1 Å². The van der Waals surface area contributed by atoms with Crippen molar-refractivity contribution >= 4 is 49.2 Å². The van der Waals surface area contributed by atoms with Crippen molar-refractivity contribution in [1.82, 2.24) is 0 Å². The van der Waals surface area contributed by atoms with Crippen LogP contribution in [-0.2, 0) is 4.79 Å². The molecule has 3 rings (SSSR count).